The van der Waals surface area contributed by atoms with Crippen molar-refractivity contribution in [2.75, 3.05) is 19.0 Å². The van der Waals surface area contributed by atoms with Crippen LogP contribution in [0.5, 0.6) is 5.75 Å². The lowest BCUT2D eigenvalue weighted by Gasteiger charge is -2.23. The van der Waals surface area contributed by atoms with E-state index in [0.29, 0.717) is 0 Å². The van der Waals surface area contributed by atoms with E-state index in [-0.39, 0.29) is 5.60 Å². The van der Waals surface area contributed by atoms with Crippen molar-refractivity contribution in [3.05, 3.63) is 23.8 Å². The second-order valence-corrected chi connectivity index (χ2v) is 5.06. The van der Waals surface area contributed by atoms with Gasteiger partial charge in [-0.1, -0.05) is 0 Å². The summed E-state index contributed by atoms with van der Waals surface area (Å²) in [6, 6.07) is 6.20. The van der Waals surface area contributed by atoms with Gasteiger partial charge in [0.1, 0.15) is 11.4 Å². The third-order valence-electron chi connectivity index (χ3n) is 2.07. The number of rotatable bonds is 2. The molecule has 15 heavy (non-hydrogen) atoms. The van der Waals surface area contributed by atoms with Crippen molar-refractivity contribution in [3.8, 4) is 5.75 Å². The minimum atomic E-state index is -0.133. The molecule has 84 valence electrons. The van der Waals surface area contributed by atoms with Gasteiger partial charge in [-0.2, -0.15) is 0 Å². The SMILES string of the molecule is Cc1cc(OC(C)(C)C)ccc1N(C)C. The second kappa shape index (κ2) is 4.13. The molecular formula is C13H21NO. The fourth-order valence-electron chi connectivity index (χ4n) is 1.55. The molecule has 0 heterocycles. The molecule has 0 aliphatic heterocycles. The molecule has 0 aromatic heterocycles. The summed E-state index contributed by atoms with van der Waals surface area (Å²) in [4.78, 5) is 2.11. The molecule has 2 heteroatoms. The summed E-state index contributed by atoms with van der Waals surface area (Å²) in [5.41, 5.74) is 2.34. The van der Waals surface area contributed by atoms with Crippen LogP contribution in [0, 0.1) is 6.92 Å². The zero-order chi connectivity index (χ0) is 11.6. The molecular weight excluding hydrogens is 186 g/mol. The van der Waals surface area contributed by atoms with Gasteiger partial charge >= 0.3 is 0 Å². The molecule has 0 atom stereocenters. The van der Waals surface area contributed by atoms with Crippen LogP contribution in [0.2, 0.25) is 0 Å². The molecule has 0 aliphatic rings. The second-order valence-electron chi connectivity index (χ2n) is 5.06. The molecule has 2 nitrogen and oxygen atoms in total. The molecule has 0 bridgehead atoms. The molecule has 0 saturated heterocycles. The zero-order valence-corrected chi connectivity index (χ0v) is 10.6. The zero-order valence-electron chi connectivity index (χ0n) is 10.6. The maximum absolute atomic E-state index is 5.80. The van der Waals surface area contributed by atoms with Gasteiger partial charge in [0.25, 0.3) is 0 Å². The smallest absolute Gasteiger partial charge is 0.120 e. The maximum atomic E-state index is 5.80. The van der Waals surface area contributed by atoms with Gasteiger partial charge in [-0.05, 0) is 51.5 Å². The van der Waals surface area contributed by atoms with E-state index in [1.54, 1.807) is 0 Å². The Bertz CT molecular complexity index is 337. The quantitative estimate of drug-likeness (QED) is 0.738. The van der Waals surface area contributed by atoms with Gasteiger partial charge in [0, 0.05) is 19.8 Å². The van der Waals surface area contributed by atoms with E-state index in [4.69, 9.17) is 4.74 Å². The highest BCUT2D eigenvalue weighted by Crippen LogP contribution is 2.25. The Hall–Kier alpha value is -1.18. The van der Waals surface area contributed by atoms with Crippen LogP contribution in [0.3, 0.4) is 0 Å². The van der Waals surface area contributed by atoms with Crippen LogP contribution in [0.15, 0.2) is 18.2 Å². The molecule has 0 unspecified atom stereocenters. The highest BCUT2D eigenvalue weighted by molar-refractivity contribution is 5.54. The molecule has 0 N–H and O–H groups in total. The Balaban J connectivity index is 2.92. The lowest BCUT2D eigenvalue weighted by molar-refractivity contribution is 0.131. The largest absolute Gasteiger partial charge is 0.488 e. The van der Waals surface area contributed by atoms with Crippen LogP contribution in [0.1, 0.15) is 26.3 Å². The number of benzene rings is 1. The first-order valence-electron chi connectivity index (χ1n) is 5.26. The molecule has 1 rings (SSSR count). The topological polar surface area (TPSA) is 12.5 Å². The standard InChI is InChI=1S/C13H21NO/c1-10-9-11(15-13(2,3)4)7-8-12(10)14(5)6/h7-9H,1-6H3. The average molecular weight is 207 g/mol. The molecule has 1 aromatic carbocycles. The van der Waals surface area contributed by atoms with Crippen LogP contribution >= 0.6 is 0 Å². The van der Waals surface area contributed by atoms with Crippen LogP contribution in [0.25, 0.3) is 0 Å². The summed E-state index contributed by atoms with van der Waals surface area (Å²) >= 11 is 0. The fraction of sp³-hybridized carbons (Fsp3) is 0.538. The number of anilines is 1. The van der Waals surface area contributed by atoms with Gasteiger partial charge in [0.05, 0.1) is 0 Å². The van der Waals surface area contributed by atoms with Gasteiger partial charge in [-0.15, -0.1) is 0 Å². The van der Waals surface area contributed by atoms with E-state index in [1.165, 1.54) is 11.3 Å². The van der Waals surface area contributed by atoms with Crippen molar-refractivity contribution >= 4 is 5.69 Å². The van der Waals surface area contributed by atoms with Gasteiger partial charge < -0.3 is 9.64 Å². The van der Waals surface area contributed by atoms with E-state index in [9.17, 15) is 0 Å². The number of hydrogen-bond acceptors (Lipinski definition) is 2. The Morgan fingerprint density at radius 1 is 1.13 bits per heavy atom. The van der Waals surface area contributed by atoms with Crippen molar-refractivity contribution in [2.45, 2.75) is 33.3 Å². The Labute approximate surface area is 92.9 Å². The molecule has 1 aromatic rings. The summed E-state index contributed by atoms with van der Waals surface area (Å²) in [5.74, 6) is 0.936. The highest BCUT2D eigenvalue weighted by Gasteiger charge is 2.12. The number of ether oxygens (including phenoxy) is 1. The molecule has 0 fully saturated rings. The molecule has 0 saturated carbocycles. The lowest BCUT2D eigenvalue weighted by Crippen LogP contribution is -2.23. The number of hydrogen-bond donors (Lipinski definition) is 0. The molecule has 0 radical (unpaired) electrons. The van der Waals surface area contributed by atoms with E-state index < -0.39 is 0 Å². The summed E-state index contributed by atoms with van der Waals surface area (Å²) in [5, 5.41) is 0. The minimum Gasteiger partial charge on any atom is -0.488 e. The van der Waals surface area contributed by atoms with E-state index >= 15 is 0 Å². The van der Waals surface area contributed by atoms with Crippen LogP contribution in [0.4, 0.5) is 5.69 Å². The van der Waals surface area contributed by atoms with Gasteiger partial charge in [-0.25, -0.2) is 0 Å². The Morgan fingerprint density at radius 2 is 1.73 bits per heavy atom. The van der Waals surface area contributed by atoms with Gasteiger partial charge in [-0.3, -0.25) is 0 Å². The first kappa shape index (κ1) is 11.9. The van der Waals surface area contributed by atoms with E-state index in [0.717, 1.165) is 5.75 Å². The van der Waals surface area contributed by atoms with Crippen molar-refractivity contribution in [3.63, 3.8) is 0 Å². The van der Waals surface area contributed by atoms with Gasteiger partial charge in [0.15, 0.2) is 0 Å². The summed E-state index contributed by atoms with van der Waals surface area (Å²) in [6.45, 7) is 8.28. The lowest BCUT2D eigenvalue weighted by atomic mass is 10.1. The van der Waals surface area contributed by atoms with E-state index in [2.05, 4.69) is 44.7 Å². The van der Waals surface area contributed by atoms with E-state index in [1.807, 2.05) is 20.2 Å². The van der Waals surface area contributed by atoms with Crippen molar-refractivity contribution in [1.29, 1.82) is 0 Å². The van der Waals surface area contributed by atoms with Crippen LogP contribution < -0.4 is 9.64 Å². The predicted octanol–water partition coefficient (Wildman–Crippen LogP) is 3.24. The molecule has 0 amide bonds. The van der Waals surface area contributed by atoms with Crippen molar-refractivity contribution in [2.24, 2.45) is 0 Å². The monoisotopic (exact) mass is 207 g/mol. The normalized spacial score (nSPS) is 11.3. The van der Waals surface area contributed by atoms with Crippen LogP contribution in [-0.4, -0.2) is 19.7 Å². The third kappa shape index (κ3) is 3.46. The highest BCUT2D eigenvalue weighted by atomic mass is 16.5. The summed E-state index contributed by atoms with van der Waals surface area (Å²) in [6.07, 6.45) is 0. The number of nitrogens with zero attached hydrogens (tertiary/aromatic N) is 1. The minimum absolute atomic E-state index is 0.133. The Morgan fingerprint density at radius 3 is 2.13 bits per heavy atom. The number of aryl methyl sites for hydroxylation is 1. The van der Waals surface area contributed by atoms with Crippen LogP contribution in [-0.2, 0) is 0 Å². The maximum Gasteiger partial charge on any atom is 0.120 e. The van der Waals surface area contributed by atoms with Crippen molar-refractivity contribution in [1.82, 2.24) is 0 Å². The van der Waals surface area contributed by atoms with Crippen molar-refractivity contribution < 1.29 is 4.74 Å². The molecule has 0 spiro atoms. The summed E-state index contributed by atoms with van der Waals surface area (Å²) < 4.78 is 5.80. The Kier molecular flexibility index (Phi) is 3.28. The molecule has 0 aliphatic carbocycles. The average Bonchev–Trinajstić information content (AvgIpc) is 1.99. The fourth-order valence-corrected chi connectivity index (χ4v) is 1.55. The summed E-state index contributed by atoms with van der Waals surface area (Å²) in [7, 11) is 4.10. The van der Waals surface area contributed by atoms with Gasteiger partial charge in [0.2, 0.25) is 0 Å². The predicted molar refractivity (Wildman–Crippen MR) is 65.9 cm³/mol. The first-order valence-corrected chi connectivity index (χ1v) is 5.26. The first-order chi connectivity index (χ1) is 6.79. The third-order valence-corrected chi connectivity index (χ3v) is 2.07.